The zero-order valence-electron chi connectivity index (χ0n) is 19.1. The summed E-state index contributed by atoms with van der Waals surface area (Å²) >= 11 is 0. The van der Waals surface area contributed by atoms with Crippen LogP contribution in [0, 0.1) is 0 Å². The molecule has 0 bridgehead atoms. The van der Waals surface area contributed by atoms with Gasteiger partial charge in [-0.25, -0.2) is 9.97 Å². The molecule has 2 heterocycles. The first-order chi connectivity index (χ1) is 16.5. The average Bonchev–Trinajstić information content (AvgIpc) is 3.29. The Balaban J connectivity index is 1.39. The fourth-order valence-electron chi connectivity index (χ4n) is 3.51. The first-order valence-corrected chi connectivity index (χ1v) is 10.8. The lowest BCUT2D eigenvalue weighted by atomic mass is 10.1. The SMILES string of the molecule is CCOc1ccc(C(C)NC(=O)C(=O)Nc2ccc(-n3cnc4ccccc43)nc2)cc1OC. The number of pyridine rings is 1. The van der Waals surface area contributed by atoms with E-state index >= 15 is 0 Å². The molecule has 0 radical (unpaired) electrons. The van der Waals surface area contributed by atoms with Crippen LogP contribution in [0.2, 0.25) is 0 Å². The van der Waals surface area contributed by atoms with Gasteiger partial charge < -0.3 is 20.1 Å². The van der Waals surface area contributed by atoms with Crippen molar-refractivity contribution in [2.24, 2.45) is 0 Å². The Bertz CT molecular complexity index is 1320. The third-order valence-corrected chi connectivity index (χ3v) is 5.25. The Morgan fingerprint density at radius 3 is 2.59 bits per heavy atom. The number of benzene rings is 2. The first-order valence-electron chi connectivity index (χ1n) is 10.8. The number of hydrogen-bond acceptors (Lipinski definition) is 6. The molecule has 2 amide bonds. The molecular formula is C25H25N5O4. The Kier molecular flexibility index (Phi) is 6.72. The molecule has 0 aliphatic heterocycles. The van der Waals surface area contributed by atoms with Gasteiger partial charge in [0.05, 0.1) is 42.7 Å². The van der Waals surface area contributed by atoms with Crippen LogP contribution in [-0.4, -0.2) is 40.1 Å². The van der Waals surface area contributed by atoms with E-state index in [0.29, 0.717) is 29.6 Å². The molecular weight excluding hydrogens is 434 g/mol. The molecule has 4 aromatic rings. The van der Waals surface area contributed by atoms with Crippen molar-refractivity contribution < 1.29 is 19.1 Å². The number of ether oxygens (including phenoxy) is 2. The smallest absolute Gasteiger partial charge is 0.313 e. The fourth-order valence-corrected chi connectivity index (χ4v) is 3.51. The van der Waals surface area contributed by atoms with Crippen molar-refractivity contribution in [3.63, 3.8) is 0 Å². The van der Waals surface area contributed by atoms with Gasteiger partial charge in [0.25, 0.3) is 0 Å². The molecule has 0 aliphatic rings. The zero-order chi connectivity index (χ0) is 24.1. The van der Waals surface area contributed by atoms with E-state index in [2.05, 4.69) is 20.6 Å². The quantitative estimate of drug-likeness (QED) is 0.409. The number of anilines is 1. The normalized spacial score (nSPS) is 11.6. The van der Waals surface area contributed by atoms with Crippen LogP contribution in [-0.2, 0) is 9.59 Å². The number of amides is 2. The molecule has 174 valence electrons. The predicted octanol–water partition coefficient (Wildman–Crippen LogP) is 3.64. The predicted molar refractivity (Wildman–Crippen MR) is 128 cm³/mol. The average molecular weight is 460 g/mol. The summed E-state index contributed by atoms with van der Waals surface area (Å²) < 4.78 is 12.7. The molecule has 0 aliphatic carbocycles. The van der Waals surface area contributed by atoms with Crippen LogP contribution in [0.5, 0.6) is 11.5 Å². The minimum absolute atomic E-state index is 0.406. The number of fused-ring (bicyclic) bond motifs is 1. The molecule has 2 aromatic carbocycles. The lowest BCUT2D eigenvalue weighted by Crippen LogP contribution is -2.36. The van der Waals surface area contributed by atoms with E-state index in [0.717, 1.165) is 16.6 Å². The number of para-hydroxylation sites is 2. The molecule has 2 N–H and O–H groups in total. The topological polar surface area (TPSA) is 107 Å². The van der Waals surface area contributed by atoms with E-state index in [1.807, 2.05) is 41.8 Å². The summed E-state index contributed by atoms with van der Waals surface area (Å²) in [7, 11) is 1.55. The van der Waals surface area contributed by atoms with Crippen LogP contribution < -0.4 is 20.1 Å². The van der Waals surface area contributed by atoms with Gasteiger partial charge >= 0.3 is 11.8 Å². The van der Waals surface area contributed by atoms with Crippen molar-refractivity contribution >= 4 is 28.5 Å². The minimum Gasteiger partial charge on any atom is -0.493 e. The van der Waals surface area contributed by atoms with E-state index < -0.39 is 17.9 Å². The number of carbonyl (C=O) groups is 2. The highest BCUT2D eigenvalue weighted by molar-refractivity contribution is 6.39. The second-order valence-electron chi connectivity index (χ2n) is 7.50. The van der Waals surface area contributed by atoms with E-state index in [1.165, 1.54) is 6.20 Å². The van der Waals surface area contributed by atoms with Crippen LogP contribution >= 0.6 is 0 Å². The van der Waals surface area contributed by atoms with Crippen molar-refractivity contribution in [2.75, 3.05) is 19.0 Å². The van der Waals surface area contributed by atoms with Crippen molar-refractivity contribution in [1.29, 1.82) is 0 Å². The summed E-state index contributed by atoms with van der Waals surface area (Å²) in [5.41, 5.74) is 2.97. The highest BCUT2D eigenvalue weighted by Gasteiger charge is 2.19. The van der Waals surface area contributed by atoms with Crippen LogP contribution in [0.25, 0.3) is 16.9 Å². The highest BCUT2D eigenvalue weighted by Crippen LogP contribution is 2.30. The first kappa shape index (κ1) is 22.8. The fraction of sp³-hybridized carbons (Fsp3) is 0.200. The number of carbonyl (C=O) groups excluding carboxylic acids is 2. The lowest BCUT2D eigenvalue weighted by Gasteiger charge is -2.17. The summed E-state index contributed by atoms with van der Waals surface area (Å²) in [6.07, 6.45) is 3.19. The van der Waals surface area contributed by atoms with Gasteiger partial charge in [-0.3, -0.25) is 14.2 Å². The maximum absolute atomic E-state index is 12.4. The Morgan fingerprint density at radius 2 is 1.85 bits per heavy atom. The molecule has 1 unspecified atom stereocenters. The van der Waals surface area contributed by atoms with Crippen LogP contribution in [0.3, 0.4) is 0 Å². The lowest BCUT2D eigenvalue weighted by molar-refractivity contribution is -0.136. The van der Waals surface area contributed by atoms with E-state index in [9.17, 15) is 9.59 Å². The molecule has 1 atom stereocenters. The molecule has 0 saturated heterocycles. The summed E-state index contributed by atoms with van der Waals surface area (Å²) in [6.45, 7) is 4.18. The molecule has 4 rings (SSSR count). The molecule has 34 heavy (non-hydrogen) atoms. The minimum atomic E-state index is -0.785. The van der Waals surface area contributed by atoms with Gasteiger partial charge in [0.15, 0.2) is 11.5 Å². The van der Waals surface area contributed by atoms with Gasteiger partial charge in [0.2, 0.25) is 0 Å². The number of methoxy groups -OCH3 is 1. The van der Waals surface area contributed by atoms with Crippen molar-refractivity contribution in [3.8, 4) is 17.3 Å². The molecule has 2 aromatic heterocycles. The number of nitrogens with zero attached hydrogens (tertiary/aromatic N) is 3. The monoisotopic (exact) mass is 459 g/mol. The van der Waals surface area contributed by atoms with Gasteiger partial charge in [0, 0.05) is 0 Å². The van der Waals surface area contributed by atoms with Crippen LogP contribution in [0.1, 0.15) is 25.5 Å². The number of aromatic nitrogens is 3. The summed E-state index contributed by atoms with van der Waals surface area (Å²) in [5.74, 6) is 0.276. The number of nitrogens with one attached hydrogen (secondary N) is 2. The summed E-state index contributed by atoms with van der Waals surface area (Å²) in [4.78, 5) is 33.6. The maximum atomic E-state index is 12.4. The van der Waals surface area contributed by atoms with E-state index in [-0.39, 0.29) is 0 Å². The Morgan fingerprint density at radius 1 is 1.03 bits per heavy atom. The third-order valence-electron chi connectivity index (χ3n) is 5.25. The van der Waals surface area contributed by atoms with Crippen LogP contribution in [0.4, 0.5) is 5.69 Å². The van der Waals surface area contributed by atoms with Gasteiger partial charge in [-0.15, -0.1) is 0 Å². The summed E-state index contributed by atoms with van der Waals surface area (Å²) in [6, 6.07) is 16.1. The van der Waals surface area contributed by atoms with Crippen molar-refractivity contribution in [1.82, 2.24) is 19.9 Å². The zero-order valence-corrected chi connectivity index (χ0v) is 19.1. The van der Waals surface area contributed by atoms with Crippen LogP contribution in [0.15, 0.2) is 67.1 Å². The second-order valence-corrected chi connectivity index (χ2v) is 7.50. The number of hydrogen-bond donors (Lipinski definition) is 2. The van der Waals surface area contributed by atoms with Gasteiger partial charge in [-0.05, 0) is 55.8 Å². The summed E-state index contributed by atoms with van der Waals surface area (Å²) in [5, 5.41) is 5.27. The van der Waals surface area contributed by atoms with E-state index in [4.69, 9.17) is 9.47 Å². The third kappa shape index (κ3) is 4.83. The van der Waals surface area contributed by atoms with Crippen molar-refractivity contribution in [2.45, 2.75) is 19.9 Å². The second kappa shape index (κ2) is 10.0. The number of rotatable bonds is 7. The number of imidazole rings is 1. The van der Waals surface area contributed by atoms with E-state index in [1.54, 1.807) is 44.6 Å². The molecule has 0 spiro atoms. The Labute approximate surface area is 196 Å². The maximum Gasteiger partial charge on any atom is 0.313 e. The molecule has 9 nitrogen and oxygen atoms in total. The largest absolute Gasteiger partial charge is 0.493 e. The van der Waals surface area contributed by atoms with Gasteiger partial charge in [-0.2, -0.15) is 0 Å². The van der Waals surface area contributed by atoms with Gasteiger partial charge in [0.1, 0.15) is 12.1 Å². The molecule has 0 fully saturated rings. The highest BCUT2D eigenvalue weighted by atomic mass is 16.5. The molecule has 9 heteroatoms. The molecule has 0 saturated carbocycles. The van der Waals surface area contributed by atoms with Gasteiger partial charge in [-0.1, -0.05) is 18.2 Å². The van der Waals surface area contributed by atoms with Crippen molar-refractivity contribution in [3.05, 3.63) is 72.7 Å². The Hall–Kier alpha value is -4.40. The standard InChI is InChI=1S/C25H25N5O4/c1-4-34-21-11-9-17(13-22(21)33-3)16(2)28-24(31)25(32)29-18-10-12-23(26-14-18)30-15-27-19-7-5-6-8-20(19)30/h5-16H,4H2,1-3H3,(H,28,31)(H,29,32).